The van der Waals surface area contributed by atoms with E-state index < -0.39 is 0 Å². The van der Waals surface area contributed by atoms with E-state index in [0.29, 0.717) is 0 Å². The van der Waals surface area contributed by atoms with Crippen molar-refractivity contribution in [1.29, 1.82) is 0 Å². The van der Waals surface area contributed by atoms with Crippen molar-refractivity contribution in [3.05, 3.63) is 36.0 Å². The van der Waals surface area contributed by atoms with Crippen molar-refractivity contribution >= 4 is 16.6 Å². The standard InChI is InChI=1S/C18H24N2/c1-14-13-18(16-9-5-6-10-17(16)20-14)19-12-11-15-7-3-2-4-8-15/h5-6,9-10,13,15H,2-4,7-8,11-12H2,1H3,(H,19,20). The molecule has 0 amide bonds. The number of nitrogens with zero attached hydrogens (tertiary/aromatic N) is 1. The monoisotopic (exact) mass is 268 g/mol. The largest absolute Gasteiger partial charge is 0.384 e. The first-order valence-electron chi connectivity index (χ1n) is 7.93. The second-order valence-corrected chi connectivity index (χ2v) is 6.05. The first-order valence-corrected chi connectivity index (χ1v) is 7.93. The Labute approximate surface area is 121 Å². The predicted molar refractivity (Wildman–Crippen MR) is 86.2 cm³/mol. The van der Waals surface area contributed by atoms with Gasteiger partial charge in [0.1, 0.15) is 0 Å². The Bertz CT molecular complexity index is 571. The van der Waals surface area contributed by atoms with Crippen LogP contribution in [0.15, 0.2) is 30.3 Å². The highest BCUT2D eigenvalue weighted by Crippen LogP contribution is 2.27. The van der Waals surface area contributed by atoms with Gasteiger partial charge < -0.3 is 5.32 Å². The zero-order chi connectivity index (χ0) is 13.8. The molecule has 1 saturated carbocycles. The average Bonchev–Trinajstić information content (AvgIpc) is 2.48. The molecule has 0 spiro atoms. The van der Waals surface area contributed by atoms with E-state index in [9.17, 15) is 0 Å². The van der Waals surface area contributed by atoms with Crippen LogP contribution in [0.3, 0.4) is 0 Å². The van der Waals surface area contributed by atoms with Gasteiger partial charge in [0.05, 0.1) is 5.52 Å². The maximum absolute atomic E-state index is 4.59. The minimum atomic E-state index is 0.936. The number of rotatable bonds is 4. The number of pyridine rings is 1. The summed E-state index contributed by atoms with van der Waals surface area (Å²) in [6.45, 7) is 3.15. The Hall–Kier alpha value is -1.57. The normalized spacial score (nSPS) is 16.4. The van der Waals surface area contributed by atoms with Crippen LogP contribution in [0.2, 0.25) is 0 Å². The Morgan fingerprint density at radius 1 is 1.15 bits per heavy atom. The maximum Gasteiger partial charge on any atom is 0.0725 e. The summed E-state index contributed by atoms with van der Waals surface area (Å²) in [5, 5.41) is 4.87. The zero-order valence-electron chi connectivity index (χ0n) is 12.4. The van der Waals surface area contributed by atoms with Crippen LogP contribution in [-0.2, 0) is 0 Å². The van der Waals surface area contributed by atoms with E-state index in [1.54, 1.807) is 0 Å². The van der Waals surface area contributed by atoms with E-state index in [4.69, 9.17) is 0 Å². The van der Waals surface area contributed by atoms with Crippen molar-refractivity contribution in [2.24, 2.45) is 5.92 Å². The molecule has 1 aliphatic carbocycles. The van der Waals surface area contributed by atoms with Crippen molar-refractivity contribution in [3.63, 3.8) is 0 Å². The minimum Gasteiger partial charge on any atom is -0.384 e. The van der Waals surface area contributed by atoms with Gasteiger partial charge in [0.2, 0.25) is 0 Å². The molecule has 106 valence electrons. The molecule has 0 saturated heterocycles. The zero-order valence-corrected chi connectivity index (χ0v) is 12.4. The van der Waals surface area contributed by atoms with Crippen LogP contribution in [0, 0.1) is 12.8 Å². The molecule has 2 aromatic rings. The summed E-state index contributed by atoms with van der Waals surface area (Å²) in [7, 11) is 0. The Morgan fingerprint density at radius 3 is 2.80 bits per heavy atom. The topological polar surface area (TPSA) is 24.9 Å². The SMILES string of the molecule is Cc1cc(NCCC2CCCCC2)c2ccccc2n1. The number of anilines is 1. The van der Waals surface area contributed by atoms with Crippen LogP contribution in [-0.4, -0.2) is 11.5 Å². The number of hydrogen-bond acceptors (Lipinski definition) is 2. The van der Waals surface area contributed by atoms with Gasteiger partial charge in [-0.05, 0) is 31.4 Å². The van der Waals surface area contributed by atoms with Crippen molar-refractivity contribution in [1.82, 2.24) is 4.98 Å². The minimum absolute atomic E-state index is 0.936. The lowest BCUT2D eigenvalue weighted by Crippen LogP contribution is -2.12. The smallest absolute Gasteiger partial charge is 0.0725 e. The third-order valence-corrected chi connectivity index (χ3v) is 4.44. The van der Waals surface area contributed by atoms with E-state index in [1.807, 2.05) is 0 Å². The molecule has 0 radical (unpaired) electrons. The van der Waals surface area contributed by atoms with Gasteiger partial charge in [0, 0.05) is 23.3 Å². The molecule has 2 nitrogen and oxygen atoms in total. The van der Waals surface area contributed by atoms with E-state index in [0.717, 1.165) is 23.7 Å². The van der Waals surface area contributed by atoms with Gasteiger partial charge in [-0.2, -0.15) is 0 Å². The maximum atomic E-state index is 4.59. The highest BCUT2D eigenvalue weighted by molar-refractivity contribution is 5.91. The molecule has 1 aliphatic rings. The fourth-order valence-corrected chi connectivity index (χ4v) is 3.34. The molecule has 3 rings (SSSR count). The first-order chi connectivity index (χ1) is 9.83. The quantitative estimate of drug-likeness (QED) is 0.850. The Kier molecular flexibility index (Phi) is 4.19. The molecular weight excluding hydrogens is 244 g/mol. The predicted octanol–water partition coefficient (Wildman–Crippen LogP) is 4.93. The lowest BCUT2D eigenvalue weighted by atomic mass is 9.87. The summed E-state index contributed by atoms with van der Waals surface area (Å²) in [5.74, 6) is 0.936. The molecule has 1 aromatic heterocycles. The molecule has 1 fully saturated rings. The molecule has 0 unspecified atom stereocenters. The van der Waals surface area contributed by atoms with Gasteiger partial charge in [-0.3, -0.25) is 4.98 Å². The number of nitrogens with one attached hydrogen (secondary N) is 1. The van der Waals surface area contributed by atoms with Crippen LogP contribution in [0.1, 0.15) is 44.2 Å². The van der Waals surface area contributed by atoms with Gasteiger partial charge in [-0.15, -0.1) is 0 Å². The van der Waals surface area contributed by atoms with Gasteiger partial charge in [-0.1, -0.05) is 50.3 Å². The molecule has 1 N–H and O–H groups in total. The molecule has 1 aromatic carbocycles. The van der Waals surface area contributed by atoms with Gasteiger partial charge in [0.15, 0.2) is 0 Å². The molecular formula is C18H24N2. The summed E-state index contributed by atoms with van der Waals surface area (Å²) in [6.07, 6.45) is 8.47. The average molecular weight is 268 g/mol. The molecule has 1 heterocycles. The number of hydrogen-bond donors (Lipinski definition) is 1. The third-order valence-electron chi connectivity index (χ3n) is 4.44. The summed E-state index contributed by atoms with van der Waals surface area (Å²) in [5.41, 5.74) is 3.42. The number of benzene rings is 1. The molecule has 0 bridgehead atoms. The lowest BCUT2D eigenvalue weighted by Gasteiger charge is -2.22. The molecule has 0 atom stereocenters. The number of aryl methyl sites for hydroxylation is 1. The number of para-hydroxylation sites is 1. The summed E-state index contributed by atoms with van der Waals surface area (Å²) in [6, 6.07) is 10.6. The Balaban J connectivity index is 1.67. The first kappa shape index (κ1) is 13.4. The summed E-state index contributed by atoms with van der Waals surface area (Å²) >= 11 is 0. The van der Waals surface area contributed by atoms with Crippen molar-refractivity contribution in [2.75, 3.05) is 11.9 Å². The second kappa shape index (κ2) is 6.25. The van der Waals surface area contributed by atoms with Crippen LogP contribution in [0.4, 0.5) is 5.69 Å². The molecule has 0 aliphatic heterocycles. The third kappa shape index (κ3) is 3.12. The van der Waals surface area contributed by atoms with Gasteiger partial charge >= 0.3 is 0 Å². The van der Waals surface area contributed by atoms with E-state index in [-0.39, 0.29) is 0 Å². The highest BCUT2D eigenvalue weighted by Gasteiger charge is 2.13. The van der Waals surface area contributed by atoms with Gasteiger partial charge in [-0.25, -0.2) is 0 Å². The van der Waals surface area contributed by atoms with E-state index in [1.165, 1.54) is 49.6 Å². The number of aromatic nitrogens is 1. The fraction of sp³-hybridized carbons (Fsp3) is 0.500. The van der Waals surface area contributed by atoms with Crippen molar-refractivity contribution < 1.29 is 0 Å². The van der Waals surface area contributed by atoms with Crippen molar-refractivity contribution in [3.8, 4) is 0 Å². The van der Waals surface area contributed by atoms with Crippen LogP contribution < -0.4 is 5.32 Å². The summed E-state index contributed by atoms with van der Waals surface area (Å²) in [4.78, 5) is 4.59. The molecule has 2 heteroatoms. The number of fused-ring (bicyclic) bond motifs is 1. The van der Waals surface area contributed by atoms with Gasteiger partial charge in [0.25, 0.3) is 0 Å². The van der Waals surface area contributed by atoms with E-state index >= 15 is 0 Å². The fourth-order valence-electron chi connectivity index (χ4n) is 3.34. The van der Waals surface area contributed by atoms with Crippen LogP contribution >= 0.6 is 0 Å². The lowest BCUT2D eigenvalue weighted by molar-refractivity contribution is 0.345. The second-order valence-electron chi connectivity index (χ2n) is 6.05. The van der Waals surface area contributed by atoms with Crippen molar-refractivity contribution in [2.45, 2.75) is 45.4 Å². The van der Waals surface area contributed by atoms with E-state index in [2.05, 4.69) is 47.6 Å². The van der Waals surface area contributed by atoms with Crippen LogP contribution in [0.25, 0.3) is 10.9 Å². The Morgan fingerprint density at radius 2 is 1.95 bits per heavy atom. The summed E-state index contributed by atoms with van der Waals surface area (Å²) < 4.78 is 0. The van der Waals surface area contributed by atoms with Crippen LogP contribution in [0.5, 0.6) is 0 Å². The molecule has 20 heavy (non-hydrogen) atoms. The highest BCUT2D eigenvalue weighted by atomic mass is 14.9.